The molecule has 0 unspecified atom stereocenters. The first kappa shape index (κ1) is 13.8. The average molecular weight is 338 g/mol. The van der Waals surface area contributed by atoms with E-state index in [9.17, 15) is 4.79 Å². The van der Waals surface area contributed by atoms with Crippen LogP contribution in [-0.2, 0) is 0 Å². The molecular weight excluding hydrogens is 328 g/mol. The van der Waals surface area contributed by atoms with Crippen LogP contribution in [-0.4, -0.2) is 12.1 Å². The van der Waals surface area contributed by atoms with Crippen molar-refractivity contribution in [3.05, 3.63) is 69.2 Å². The lowest BCUT2D eigenvalue weighted by Crippen LogP contribution is -2.17. The number of carbonyl (C=O) groups is 1. The Hall–Kier alpha value is -1.65. The molecule has 5 heteroatoms. The number of nitrogens with zero attached hydrogens (tertiary/aromatic N) is 1. The maximum Gasteiger partial charge on any atom is 0.272 e. The molecular formula is C14H10BrClN2O. The number of carbonyl (C=O) groups excluding carboxylic acids is 1. The highest BCUT2D eigenvalue weighted by Gasteiger charge is 2.07. The zero-order valence-electron chi connectivity index (χ0n) is 9.81. The zero-order valence-corrected chi connectivity index (χ0v) is 12.1. The minimum absolute atomic E-state index is 0.336. The highest BCUT2D eigenvalue weighted by molar-refractivity contribution is 9.10. The molecule has 19 heavy (non-hydrogen) atoms. The predicted octanol–water partition coefficient (Wildman–Crippen LogP) is 3.87. The van der Waals surface area contributed by atoms with E-state index in [0.717, 1.165) is 10.0 Å². The maximum absolute atomic E-state index is 11.8. The number of hydrazone groups is 1. The van der Waals surface area contributed by atoms with Gasteiger partial charge in [-0.1, -0.05) is 51.8 Å². The molecule has 0 fully saturated rings. The van der Waals surface area contributed by atoms with E-state index in [0.29, 0.717) is 10.6 Å². The summed E-state index contributed by atoms with van der Waals surface area (Å²) in [6.07, 6.45) is 1.57. The number of hydrogen-bond acceptors (Lipinski definition) is 2. The second kappa shape index (κ2) is 6.50. The summed E-state index contributed by atoms with van der Waals surface area (Å²) in [6.45, 7) is 0. The van der Waals surface area contributed by atoms with E-state index < -0.39 is 0 Å². The fraction of sp³-hybridized carbons (Fsp3) is 0. The lowest BCUT2D eigenvalue weighted by atomic mass is 10.2. The van der Waals surface area contributed by atoms with Crippen LogP contribution < -0.4 is 5.43 Å². The summed E-state index contributed by atoms with van der Waals surface area (Å²) in [5.74, 6) is -0.336. The highest BCUT2D eigenvalue weighted by atomic mass is 79.9. The Morgan fingerprint density at radius 3 is 2.74 bits per heavy atom. The minimum atomic E-state index is -0.336. The van der Waals surface area contributed by atoms with Crippen molar-refractivity contribution in [2.75, 3.05) is 0 Å². The minimum Gasteiger partial charge on any atom is -0.267 e. The van der Waals surface area contributed by atoms with Crippen LogP contribution in [0.3, 0.4) is 0 Å². The molecule has 0 aliphatic carbocycles. The van der Waals surface area contributed by atoms with Gasteiger partial charge in [-0.15, -0.1) is 0 Å². The average Bonchev–Trinajstić information content (AvgIpc) is 2.39. The number of rotatable bonds is 3. The monoisotopic (exact) mass is 336 g/mol. The van der Waals surface area contributed by atoms with Crippen LogP contribution in [0.4, 0.5) is 0 Å². The Bertz CT molecular complexity index is 628. The SMILES string of the molecule is O=C(N/N=C/c1cccc(Br)c1)c1ccccc1Cl. The number of amides is 1. The van der Waals surface area contributed by atoms with Crippen LogP contribution >= 0.6 is 27.5 Å². The van der Waals surface area contributed by atoms with E-state index in [2.05, 4.69) is 26.5 Å². The van der Waals surface area contributed by atoms with Crippen molar-refractivity contribution in [2.24, 2.45) is 5.10 Å². The lowest BCUT2D eigenvalue weighted by Gasteiger charge is -2.01. The molecule has 96 valence electrons. The van der Waals surface area contributed by atoms with Gasteiger partial charge in [0.25, 0.3) is 5.91 Å². The van der Waals surface area contributed by atoms with E-state index in [1.807, 2.05) is 24.3 Å². The molecule has 0 spiro atoms. The number of nitrogens with one attached hydrogen (secondary N) is 1. The van der Waals surface area contributed by atoms with Gasteiger partial charge in [0.2, 0.25) is 0 Å². The van der Waals surface area contributed by atoms with E-state index in [-0.39, 0.29) is 5.91 Å². The summed E-state index contributed by atoms with van der Waals surface area (Å²) in [6, 6.07) is 14.4. The molecule has 2 aromatic carbocycles. The van der Waals surface area contributed by atoms with Crippen molar-refractivity contribution < 1.29 is 4.79 Å². The topological polar surface area (TPSA) is 41.5 Å². The quantitative estimate of drug-likeness (QED) is 0.670. The Morgan fingerprint density at radius 1 is 1.21 bits per heavy atom. The van der Waals surface area contributed by atoms with Crippen molar-refractivity contribution in [3.63, 3.8) is 0 Å². The first-order valence-electron chi connectivity index (χ1n) is 5.50. The van der Waals surface area contributed by atoms with E-state index in [1.54, 1.807) is 30.5 Å². The highest BCUT2D eigenvalue weighted by Crippen LogP contribution is 2.14. The summed E-state index contributed by atoms with van der Waals surface area (Å²) in [4.78, 5) is 11.8. The molecule has 2 aromatic rings. The van der Waals surface area contributed by atoms with E-state index in [4.69, 9.17) is 11.6 Å². The van der Waals surface area contributed by atoms with Crippen molar-refractivity contribution in [3.8, 4) is 0 Å². The Labute approximate surface area is 124 Å². The van der Waals surface area contributed by atoms with Crippen molar-refractivity contribution in [1.29, 1.82) is 0 Å². The summed E-state index contributed by atoms with van der Waals surface area (Å²) < 4.78 is 0.953. The van der Waals surface area contributed by atoms with Crippen molar-refractivity contribution >= 4 is 39.7 Å². The van der Waals surface area contributed by atoms with E-state index in [1.165, 1.54) is 0 Å². The van der Waals surface area contributed by atoms with Crippen molar-refractivity contribution in [1.82, 2.24) is 5.43 Å². The molecule has 0 atom stereocenters. The van der Waals surface area contributed by atoms with Gasteiger partial charge in [0, 0.05) is 4.47 Å². The zero-order chi connectivity index (χ0) is 13.7. The molecule has 1 amide bonds. The van der Waals surface area contributed by atoms with Crippen LogP contribution in [0, 0.1) is 0 Å². The molecule has 2 rings (SSSR count). The number of halogens is 2. The largest absolute Gasteiger partial charge is 0.272 e. The molecule has 3 nitrogen and oxygen atoms in total. The summed E-state index contributed by atoms with van der Waals surface area (Å²) >= 11 is 9.28. The van der Waals surface area contributed by atoms with Gasteiger partial charge in [0.15, 0.2) is 0 Å². The molecule has 1 N–H and O–H groups in total. The Morgan fingerprint density at radius 2 is 2.00 bits per heavy atom. The Kier molecular flexibility index (Phi) is 4.71. The first-order valence-corrected chi connectivity index (χ1v) is 6.67. The maximum atomic E-state index is 11.8. The predicted molar refractivity (Wildman–Crippen MR) is 80.7 cm³/mol. The third-order valence-corrected chi connectivity index (χ3v) is 3.17. The van der Waals surface area contributed by atoms with Gasteiger partial charge >= 0.3 is 0 Å². The third-order valence-electron chi connectivity index (χ3n) is 2.35. The first-order chi connectivity index (χ1) is 9.16. The summed E-state index contributed by atoms with van der Waals surface area (Å²) in [7, 11) is 0. The molecule has 0 saturated heterocycles. The molecule has 0 radical (unpaired) electrons. The second-order valence-electron chi connectivity index (χ2n) is 3.73. The van der Waals surface area contributed by atoms with Crippen LogP contribution in [0.2, 0.25) is 5.02 Å². The van der Waals surface area contributed by atoms with Crippen molar-refractivity contribution in [2.45, 2.75) is 0 Å². The molecule has 0 aromatic heterocycles. The normalized spacial score (nSPS) is 10.6. The molecule has 0 aliphatic heterocycles. The fourth-order valence-electron chi connectivity index (χ4n) is 1.46. The van der Waals surface area contributed by atoms with Gasteiger partial charge in [-0.25, -0.2) is 5.43 Å². The molecule has 0 aliphatic rings. The van der Waals surface area contributed by atoms with Gasteiger partial charge in [0.1, 0.15) is 0 Å². The van der Waals surface area contributed by atoms with Gasteiger partial charge in [-0.2, -0.15) is 5.10 Å². The van der Waals surface area contributed by atoms with Crippen LogP contribution in [0.15, 0.2) is 58.1 Å². The Balaban J connectivity index is 2.03. The van der Waals surface area contributed by atoms with Crippen LogP contribution in [0.1, 0.15) is 15.9 Å². The fourth-order valence-corrected chi connectivity index (χ4v) is 2.10. The molecule has 0 saturated carbocycles. The summed E-state index contributed by atoms with van der Waals surface area (Å²) in [5.41, 5.74) is 3.72. The smallest absolute Gasteiger partial charge is 0.267 e. The number of hydrogen-bond donors (Lipinski definition) is 1. The van der Waals surface area contributed by atoms with E-state index >= 15 is 0 Å². The molecule has 0 heterocycles. The van der Waals surface area contributed by atoms with Gasteiger partial charge < -0.3 is 0 Å². The molecule has 0 bridgehead atoms. The summed E-state index contributed by atoms with van der Waals surface area (Å²) in [5, 5.41) is 4.30. The van der Waals surface area contributed by atoms with Gasteiger partial charge in [-0.3, -0.25) is 4.79 Å². The number of benzene rings is 2. The third kappa shape index (κ3) is 3.91. The van der Waals surface area contributed by atoms with Crippen LogP contribution in [0.5, 0.6) is 0 Å². The van der Waals surface area contributed by atoms with Gasteiger partial charge in [0.05, 0.1) is 16.8 Å². The lowest BCUT2D eigenvalue weighted by molar-refractivity contribution is 0.0955. The van der Waals surface area contributed by atoms with Crippen LogP contribution in [0.25, 0.3) is 0 Å². The van der Waals surface area contributed by atoms with Gasteiger partial charge in [-0.05, 0) is 29.8 Å². The second-order valence-corrected chi connectivity index (χ2v) is 5.06. The standard InChI is InChI=1S/C14H10BrClN2O/c15-11-5-3-4-10(8-11)9-17-18-14(19)12-6-1-2-7-13(12)16/h1-9H,(H,18,19)/b17-9+.